The van der Waals surface area contributed by atoms with E-state index in [2.05, 4.69) is 6.92 Å². The molecule has 2 N–H and O–H groups in total. The summed E-state index contributed by atoms with van der Waals surface area (Å²) in [5.41, 5.74) is 0. The Morgan fingerprint density at radius 2 is 2.00 bits per heavy atom. The van der Waals surface area contributed by atoms with Gasteiger partial charge in [0.2, 0.25) is 0 Å². The third-order valence-corrected chi connectivity index (χ3v) is 1.71. The zero-order valence-corrected chi connectivity index (χ0v) is 7.45. The minimum atomic E-state index is -0.436. The molecule has 68 valence electrons. The molecule has 0 aliphatic rings. The van der Waals surface area contributed by atoms with Gasteiger partial charge in [-0.05, 0) is 13.3 Å². The quantitative estimate of drug-likeness (QED) is 0.555. The standard InChI is InChI=1S/C8H19NO2/c1-3-4-5-9(6-7-10)8(2)11/h8,10-11H,3-7H2,1-2H3. The van der Waals surface area contributed by atoms with Crippen molar-refractivity contribution >= 4 is 0 Å². The van der Waals surface area contributed by atoms with Crippen molar-refractivity contribution in [1.29, 1.82) is 0 Å². The number of aliphatic hydroxyl groups is 2. The minimum Gasteiger partial charge on any atom is -0.395 e. The smallest absolute Gasteiger partial charge is 0.104 e. The average Bonchev–Trinajstić information content (AvgIpc) is 1.97. The second-order valence-corrected chi connectivity index (χ2v) is 2.74. The monoisotopic (exact) mass is 161 g/mol. The van der Waals surface area contributed by atoms with Crippen LogP contribution in [0, 0.1) is 0 Å². The molecule has 0 saturated heterocycles. The van der Waals surface area contributed by atoms with Crippen LogP contribution in [0.15, 0.2) is 0 Å². The van der Waals surface area contributed by atoms with Crippen LogP contribution in [0.4, 0.5) is 0 Å². The maximum Gasteiger partial charge on any atom is 0.104 e. The maximum atomic E-state index is 9.18. The van der Waals surface area contributed by atoms with Crippen molar-refractivity contribution in [3.05, 3.63) is 0 Å². The molecule has 1 atom stereocenters. The first-order chi connectivity index (χ1) is 5.22. The first-order valence-corrected chi connectivity index (χ1v) is 4.25. The molecule has 0 spiro atoms. The Kier molecular flexibility index (Phi) is 6.51. The van der Waals surface area contributed by atoms with E-state index < -0.39 is 6.23 Å². The van der Waals surface area contributed by atoms with Crippen LogP contribution in [0.3, 0.4) is 0 Å². The lowest BCUT2D eigenvalue weighted by atomic mass is 10.3. The molecule has 0 aliphatic carbocycles. The first-order valence-electron chi connectivity index (χ1n) is 4.25. The van der Waals surface area contributed by atoms with Gasteiger partial charge in [0.25, 0.3) is 0 Å². The van der Waals surface area contributed by atoms with E-state index in [1.54, 1.807) is 6.92 Å². The molecule has 0 saturated carbocycles. The van der Waals surface area contributed by atoms with Crippen molar-refractivity contribution in [2.45, 2.75) is 32.9 Å². The fourth-order valence-corrected chi connectivity index (χ4v) is 0.975. The summed E-state index contributed by atoms with van der Waals surface area (Å²) in [6.07, 6.45) is 1.76. The Morgan fingerprint density at radius 1 is 1.36 bits per heavy atom. The summed E-state index contributed by atoms with van der Waals surface area (Å²) < 4.78 is 0. The number of unbranched alkanes of at least 4 members (excludes halogenated alkanes) is 1. The molecule has 0 fully saturated rings. The van der Waals surface area contributed by atoms with Gasteiger partial charge in [-0.1, -0.05) is 13.3 Å². The Labute approximate surface area is 68.6 Å². The van der Waals surface area contributed by atoms with Crippen molar-refractivity contribution in [2.24, 2.45) is 0 Å². The molecular weight excluding hydrogens is 142 g/mol. The van der Waals surface area contributed by atoms with E-state index in [1.807, 2.05) is 4.90 Å². The normalized spacial score (nSPS) is 13.9. The lowest BCUT2D eigenvalue weighted by molar-refractivity contribution is 0.00772. The highest BCUT2D eigenvalue weighted by Gasteiger charge is 2.07. The highest BCUT2D eigenvalue weighted by molar-refractivity contribution is 4.56. The van der Waals surface area contributed by atoms with Crippen LogP contribution in [0.25, 0.3) is 0 Å². The number of hydrogen-bond donors (Lipinski definition) is 2. The molecular formula is C8H19NO2. The van der Waals surface area contributed by atoms with E-state index in [0.29, 0.717) is 6.54 Å². The second-order valence-electron chi connectivity index (χ2n) is 2.74. The Hall–Kier alpha value is -0.120. The molecule has 0 radical (unpaired) electrons. The predicted octanol–water partition coefficient (Wildman–Crippen LogP) is 0.419. The number of nitrogens with zero attached hydrogens (tertiary/aromatic N) is 1. The van der Waals surface area contributed by atoms with E-state index in [1.165, 1.54) is 0 Å². The van der Waals surface area contributed by atoms with E-state index in [-0.39, 0.29) is 6.61 Å². The van der Waals surface area contributed by atoms with Crippen molar-refractivity contribution in [1.82, 2.24) is 4.90 Å². The SMILES string of the molecule is CCCCN(CCO)C(C)O. The summed E-state index contributed by atoms with van der Waals surface area (Å²) in [6, 6.07) is 0. The van der Waals surface area contributed by atoms with Gasteiger partial charge in [0.1, 0.15) is 6.23 Å². The Balaban J connectivity index is 3.51. The van der Waals surface area contributed by atoms with Gasteiger partial charge in [-0.15, -0.1) is 0 Å². The van der Waals surface area contributed by atoms with Crippen molar-refractivity contribution < 1.29 is 10.2 Å². The fraction of sp³-hybridized carbons (Fsp3) is 1.00. The second kappa shape index (κ2) is 6.58. The molecule has 0 heterocycles. The van der Waals surface area contributed by atoms with Crippen LogP contribution in [0.2, 0.25) is 0 Å². The highest BCUT2D eigenvalue weighted by Crippen LogP contribution is 1.98. The van der Waals surface area contributed by atoms with Gasteiger partial charge in [0.05, 0.1) is 6.61 Å². The zero-order valence-electron chi connectivity index (χ0n) is 7.45. The Bertz CT molecular complexity index is 86.2. The van der Waals surface area contributed by atoms with Gasteiger partial charge in [0.15, 0.2) is 0 Å². The van der Waals surface area contributed by atoms with Crippen LogP contribution in [0.1, 0.15) is 26.7 Å². The van der Waals surface area contributed by atoms with Gasteiger partial charge in [-0.2, -0.15) is 0 Å². The van der Waals surface area contributed by atoms with Crippen LogP contribution >= 0.6 is 0 Å². The van der Waals surface area contributed by atoms with Crippen LogP contribution in [-0.2, 0) is 0 Å². The van der Waals surface area contributed by atoms with Gasteiger partial charge >= 0.3 is 0 Å². The Morgan fingerprint density at radius 3 is 2.36 bits per heavy atom. The topological polar surface area (TPSA) is 43.7 Å². The molecule has 11 heavy (non-hydrogen) atoms. The van der Waals surface area contributed by atoms with Crippen LogP contribution in [-0.4, -0.2) is 41.0 Å². The zero-order chi connectivity index (χ0) is 8.69. The van der Waals surface area contributed by atoms with Gasteiger partial charge < -0.3 is 10.2 Å². The molecule has 0 aliphatic heterocycles. The van der Waals surface area contributed by atoms with E-state index in [9.17, 15) is 5.11 Å². The molecule has 0 aromatic rings. The molecule has 3 heteroatoms. The number of aliphatic hydroxyl groups excluding tert-OH is 2. The summed E-state index contributed by atoms with van der Waals surface area (Å²) in [4.78, 5) is 1.86. The lowest BCUT2D eigenvalue weighted by Gasteiger charge is -2.23. The number of hydrogen-bond acceptors (Lipinski definition) is 3. The van der Waals surface area contributed by atoms with E-state index in [4.69, 9.17) is 5.11 Å². The molecule has 0 aromatic heterocycles. The first kappa shape index (κ1) is 10.9. The third kappa shape index (κ3) is 5.18. The molecule has 1 unspecified atom stereocenters. The summed E-state index contributed by atoms with van der Waals surface area (Å²) in [6.45, 7) is 5.39. The minimum absolute atomic E-state index is 0.120. The highest BCUT2D eigenvalue weighted by atomic mass is 16.3. The van der Waals surface area contributed by atoms with Crippen molar-refractivity contribution in [3.63, 3.8) is 0 Å². The number of rotatable bonds is 6. The van der Waals surface area contributed by atoms with E-state index >= 15 is 0 Å². The summed E-state index contributed by atoms with van der Waals surface area (Å²) in [5, 5.41) is 17.8. The van der Waals surface area contributed by atoms with Crippen molar-refractivity contribution in [3.8, 4) is 0 Å². The van der Waals surface area contributed by atoms with Gasteiger partial charge in [-0.3, -0.25) is 4.90 Å². The maximum absolute atomic E-state index is 9.18. The van der Waals surface area contributed by atoms with Crippen LogP contribution < -0.4 is 0 Å². The molecule has 0 aromatic carbocycles. The molecule has 0 rings (SSSR count). The van der Waals surface area contributed by atoms with Gasteiger partial charge in [-0.25, -0.2) is 0 Å². The largest absolute Gasteiger partial charge is 0.395 e. The third-order valence-electron chi connectivity index (χ3n) is 1.71. The predicted molar refractivity (Wildman–Crippen MR) is 45.2 cm³/mol. The summed E-state index contributed by atoms with van der Waals surface area (Å²) in [7, 11) is 0. The lowest BCUT2D eigenvalue weighted by Crippen LogP contribution is -2.35. The summed E-state index contributed by atoms with van der Waals surface area (Å²) in [5.74, 6) is 0. The average molecular weight is 161 g/mol. The fourth-order valence-electron chi connectivity index (χ4n) is 0.975. The van der Waals surface area contributed by atoms with Gasteiger partial charge in [0, 0.05) is 13.1 Å². The molecule has 3 nitrogen and oxygen atoms in total. The summed E-state index contributed by atoms with van der Waals surface area (Å²) >= 11 is 0. The van der Waals surface area contributed by atoms with Crippen LogP contribution in [0.5, 0.6) is 0 Å². The van der Waals surface area contributed by atoms with Crippen molar-refractivity contribution in [2.75, 3.05) is 19.7 Å². The molecule has 0 bridgehead atoms. The molecule has 0 amide bonds. The van der Waals surface area contributed by atoms with E-state index in [0.717, 1.165) is 19.4 Å².